The van der Waals surface area contributed by atoms with Crippen LogP contribution in [0, 0.1) is 0 Å². The predicted molar refractivity (Wildman–Crippen MR) is 31.5 cm³/mol. The molecule has 0 heterocycles. The monoisotopic (exact) mass is 81.2 g/mol. The molecule has 0 aromatic carbocycles. The van der Waals surface area contributed by atoms with E-state index in [4.69, 9.17) is 2.97 Å². The van der Waals surface area contributed by atoms with Crippen LogP contribution >= 0.6 is 0 Å². The summed E-state index contributed by atoms with van der Waals surface area (Å²) in [6, 6.07) is 0. The first-order valence-corrected chi connectivity index (χ1v) is 2.41. The maximum absolute atomic E-state index is 5.00. The lowest BCUT2D eigenvalue weighted by atomic mass is 10.6. The Morgan fingerprint density at radius 1 is 1.40 bits per heavy atom. The molecule has 0 N–H and O–H groups in total. The molecule has 0 aliphatic heterocycles. The van der Waals surface area contributed by atoms with E-state index in [2.05, 4.69) is 13.8 Å². The van der Waals surface area contributed by atoms with Crippen molar-refractivity contribution >= 4 is 0 Å². The third-order valence-electron chi connectivity index (χ3n) is 0. The van der Waals surface area contributed by atoms with Crippen LogP contribution in [0.2, 0.25) is 0 Å². The van der Waals surface area contributed by atoms with Gasteiger partial charge in [0, 0.05) is 4.40 Å². The van der Waals surface area contributed by atoms with E-state index >= 15 is 0 Å². The van der Waals surface area contributed by atoms with Gasteiger partial charge in [0.15, 0.2) is 0 Å². The maximum Gasteiger partial charge on any atom is 0 e. The third-order valence-corrected chi connectivity index (χ3v) is 0. The van der Waals surface area contributed by atoms with E-state index in [1.165, 1.54) is 6.42 Å². The van der Waals surface area contributed by atoms with E-state index in [1.807, 2.05) is 13.8 Å². The minimum Gasteiger partial charge on any atom is -0.0683 e. The largest absolute Gasteiger partial charge is 0.0683 e. The SMILES string of the molecule is CC.CCC.[2HH].[2H][2H]. The fourth-order valence-corrected chi connectivity index (χ4v) is 0. The third kappa shape index (κ3) is 0. The standard InChI is InChI=1S/C3H8.C2H6.2H2/c1-3-2;1-2;;/h3H2,1-2H3;1-2H3;2*1H/i;;1+1D;1+1. The van der Waals surface area contributed by atoms with E-state index < -0.39 is 0 Å². The molecule has 38 valence electrons. The van der Waals surface area contributed by atoms with E-state index in [9.17, 15) is 0 Å². The number of hydrogen-bond acceptors (Lipinski definition) is 0. The predicted octanol–water partition coefficient (Wildman–Crippen LogP) is 2.93. The van der Waals surface area contributed by atoms with Crippen molar-refractivity contribution in [1.29, 1.82) is 0 Å². The van der Waals surface area contributed by atoms with Crippen molar-refractivity contribution in [3.05, 3.63) is 0 Å². The normalized spacial score (nSPS) is 6.40. The average Bonchev–Trinajstić information content (AvgIpc) is 1.78. The molecule has 0 amide bonds. The van der Waals surface area contributed by atoms with Gasteiger partial charge in [0.2, 0.25) is 0 Å². The van der Waals surface area contributed by atoms with Crippen molar-refractivity contribution in [2.45, 2.75) is 34.1 Å². The molecule has 0 spiro atoms. The summed E-state index contributed by atoms with van der Waals surface area (Å²) < 4.78 is 10.0. The molecule has 0 heteroatoms. The van der Waals surface area contributed by atoms with Crippen molar-refractivity contribution in [3.8, 4) is 0 Å². The Hall–Kier alpha value is 0. The van der Waals surface area contributed by atoms with Crippen molar-refractivity contribution < 1.29 is 4.40 Å². The van der Waals surface area contributed by atoms with Crippen LogP contribution in [0.1, 0.15) is 38.5 Å². The zero-order chi connectivity index (χ0) is 6.71. The van der Waals surface area contributed by atoms with Crippen LogP contribution in [0.5, 0.6) is 0 Å². The van der Waals surface area contributed by atoms with Crippen molar-refractivity contribution in [1.82, 2.24) is 0 Å². The molecular formula is C5H18. The first-order chi connectivity index (χ1) is 3.41. The van der Waals surface area contributed by atoms with Gasteiger partial charge < -0.3 is 0 Å². The molecule has 0 saturated heterocycles. The van der Waals surface area contributed by atoms with Gasteiger partial charge in [0.05, 0.1) is 0 Å². The van der Waals surface area contributed by atoms with Gasteiger partial charge in [-0.05, 0) is 0 Å². The molecular weight excluding hydrogens is 60.1 g/mol. The van der Waals surface area contributed by atoms with Crippen LogP contribution in [0.25, 0.3) is 0 Å². The minimum absolute atomic E-state index is 0. The molecule has 0 nitrogen and oxygen atoms in total. The molecule has 0 aliphatic rings. The first kappa shape index (κ1) is 5.00. The Morgan fingerprint density at radius 2 is 1.40 bits per heavy atom. The molecule has 0 radical (unpaired) electrons. The molecule has 0 fully saturated rings. The molecule has 0 aromatic rings. The molecule has 0 saturated carbocycles. The van der Waals surface area contributed by atoms with E-state index in [1.54, 1.807) is 0 Å². The zero-order valence-corrected chi connectivity index (χ0v) is 4.71. The first-order valence-electron chi connectivity index (χ1n) is 3.41. The molecule has 0 rings (SSSR count). The fourth-order valence-electron chi connectivity index (χ4n) is 0. The van der Waals surface area contributed by atoms with Crippen molar-refractivity contribution in [3.63, 3.8) is 0 Å². The lowest BCUT2D eigenvalue weighted by Gasteiger charge is -1.48. The van der Waals surface area contributed by atoms with Crippen LogP contribution in [0.3, 0.4) is 0 Å². The van der Waals surface area contributed by atoms with Gasteiger partial charge in [-0.25, -0.2) is 0 Å². The van der Waals surface area contributed by atoms with Crippen LogP contribution in [0.15, 0.2) is 0 Å². The Labute approximate surface area is 39.8 Å². The van der Waals surface area contributed by atoms with Gasteiger partial charge >= 0.3 is 0 Å². The van der Waals surface area contributed by atoms with E-state index in [0.29, 0.717) is 0 Å². The topological polar surface area (TPSA) is 0 Å². The molecule has 0 bridgehead atoms. The second kappa shape index (κ2) is 36.0. The van der Waals surface area contributed by atoms with Gasteiger partial charge in [0.25, 0.3) is 0 Å². The average molecular weight is 81.2 g/mol. The highest BCUT2D eigenvalue weighted by Crippen LogP contribution is 1.56. The Kier molecular flexibility index (Phi) is 36.0. The van der Waals surface area contributed by atoms with Gasteiger partial charge in [-0.15, -0.1) is 0 Å². The van der Waals surface area contributed by atoms with Crippen LogP contribution < -0.4 is 0 Å². The molecule has 0 aliphatic carbocycles. The van der Waals surface area contributed by atoms with Crippen molar-refractivity contribution in [2.24, 2.45) is 0 Å². The van der Waals surface area contributed by atoms with E-state index in [0.717, 1.165) is 0 Å². The number of hydrogen-bond donors (Lipinski definition) is 0. The second-order valence-electron chi connectivity index (χ2n) is 0.707. The molecule has 0 atom stereocenters. The Balaban J connectivity index is -0.0000000147. The lowest BCUT2D eigenvalue weighted by Crippen LogP contribution is -1.27. The molecule has 5 heavy (non-hydrogen) atoms. The summed E-state index contributed by atoms with van der Waals surface area (Å²) in [7, 11) is 0. The Morgan fingerprint density at radius 3 is 1.40 bits per heavy atom. The maximum atomic E-state index is 5.00. The summed E-state index contributed by atoms with van der Waals surface area (Å²) in [4.78, 5) is 0. The van der Waals surface area contributed by atoms with Gasteiger partial charge in [0.1, 0.15) is 0 Å². The second-order valence-corrected chi connectivity index (χ2v) is 0.707. The highest BCUT2D eigenvalue weighted by molar-refractivity contribution is 3.92. The number of rotatable bonds is 0. The smallest absolute Gasteiger partial charge is 0 e. The summed E-state index contributed by atoms with van der Waals surface area (Å²) in [5.74, 6) is 0. The van der Waals surface area contributed by atoms with Gasteiger partial charge in [-0.1, -0.05) is 34.1 Å². The van der Waals surface area contributed by atoms with Crippen LogP contribution in [0.4, 0.5) is 0 Å². The quantitative estimate of drug-likeness (QED) is 0.420. The summed E-state index contributed by atoms with van der Waals surface area (Å²) in [6.45, 7) is 8.25. The molecule has 0 unspecified atom stereocenters. The van der Waals surface area contributed by atoms with Gasteiger partial charge in [-0.2, -0.15) is 0 Å². The summed E-state index contributed by atoms with van der Waals surface area (Å²) in [5.41, 5.74) is 0. The van der Waals surface area contributed by atoms with Crippen molar-refractivity contribution in [2.75, 3.05) is 0 Å². The van der Waals surface area contributed by atoms with Crippen LogP contribution in [-0.4, -0.2) is 0 Å². The zero-order valence-electron chi connectivity index (χ0n) is 6.71. The summed E-state index contributed by atoms with van der Waals surface area (Å²) in [6.07, 6.45) is 1.25. The fraction of sp³-hybridized carbons (Fsp3) is 1.00. The lowest BCUT2D eigenvalue weighted by molar-refractivity contribution is 1.09. The highest BCUT2D eigenvalue weighted by Gasteiger charge is 1.35. The highest BCUT2D eigenvalue weighted by atomic mass is 13.4. The van der Waals surface area contributed by atoms with E-state index in [-0.39, 0.29) is 1.43 Å². The summed E-state index contributed by atoms with van der Waals surface area (Å²) in [5, 5.41) is 0. The molecule has 0 aromatic heterocycles. The Bertz CT molecular complexity index is 7.64. The minimum atomic E-state index is 0. The van der Waals surface area contributed by atoms with Crippen LogP contribution in [-0.2, 0) is 0 Å². The summed E-state index contributed by atoms with van der Waals surface area (Å²) >= 11 is 0. The van der Waals surface area contributed by atoms with Gasteiger partial charge in [-0.3, -0.25) is 0 Å².